The van der Waals surface area contributed by atoms with Crippen LogP contribution in [-0.4, -0.2) is 38.0 Å². The van der Waals surface area contributed by atoms with Gasteiger partial charge in [-0.25, -0.2) is 0 Å². The van der Waals surface area contributed by atoms with Gasteiger partial charge < -0.3 is 15.1 Å². The Bertz CT molecular complexity index is 841. The number of hydrogen-bond acceptors (Lipinski definition) is 3. The summed E-state index contributed by atoms with van der Waals surface area (Å²) in [5.41, 5.74) is 2.08. The van der Waals surface area contributed by atoms with Gasteiger partial charge in [-0.1, -0.05) is 34.1 Å². The predicted molar refractivity (Wildman–Crippen MR) is 114 cm³/mol. The van der Waals surface area contributed by atoms with Crippen molar-refractivity contribution in [1.82, 2.24) is 5.32 Å². The first-order valence-electron chi connectivity index (χ1n) is 9.74. The molecule has 0 unspecified atom stereocenters. The molecule has 2 aliphatic rings. The SMILES string of the molecule is O=C(NC[C@@H]1CCN(c2ccccc2)C1)[C@H]1CC(=O)N(c2ccc(Br)cc2)C1. The number of benzene rings is 2. The summed E-state index contributed by atoms with van der Waals surface area (Å²) in [6.45, 7) is 3.10. The van der Waals surface area contributed by atoms with E-state index >= 15 is 0 Å². The molecule has 0 aliphatic carbocycles. The monoisotopic (exact) mass is 441 g/mol. The van der Waals surface area contributed by atoms with Gasteiger partial charge in [0, 0.05) is 48.4 Å². The molecule has 2 fully saturated rings. The highest BCUT2D eigenvalue weighted by atomic mass is 79.9. The maximum absolute atomic E-state index is 12.6. The van der Waals surface area contributed by atoms with E-state index in [1.165, 1.54) is 5.69 Å². The predicted octanol–water partition coefficient (Wildman–Crippen LogP) is 3.44. The summed E-state index contributed by atoms with van der Waals surface area (Å²) in [5, 5.41) is 3.09. The first kappa shape index (κ1) is 19.0. The largest absolute Gasteiger partial charge is 0.371 e. The number of rotatable bonds is 5. The minimum atomic E-state index is -0.275. The van der Waals surface area contributed by atoms with Crippen LogP contribution in [0.1, 0.15) is 12.8 Å². The van der Waals surface area contributed by atoms with E-state index in [1.54, 1.807) is 4.90 Å². The van der Waals surface area contributed by atoms with Crippen molar-refractivity contribution in [2.45, 2.75) is 12.8 Å². The quantitative estimate of drug-likeness (QED) is 0.772. The van der Waals surface area contributed by atoms with Crippen LogP contribution in [0.5, 0.6) is 0 Å². The molecule has 2 saturated heterocycles. The van der Waals surface area contributed by atoms with E-state index in [0.29, 0.717) is 19.0 Å². The van der Waals surface area contributed by atoms with Gasteiger partial charge in [0.25, 0.3) is 0 Å². The van der Waals surface area contributed by atoms with Crippen molar-refractivity contribution in [3.05, 3.63) is 59.1 Å². The molecule has 0 aromatic heterocycles. The van der Waals surface area contributed by atoms with Crippen molar-refractivity contribution < 1.29 is 9.59 Å². The molecule has 6 heteroatoms. The van der Waals surface area contributed by atoms with Crippen LogP contribution in [0.15, 0.2) is 59.1 Å². The summed E-state index contributed by atoms with van der Waals surface area (Å²) in [6, 6.07) is 18.0. The third-order valence-electron chi connectivity index (χ3n) is 5.61. The van der Waals surface area contributed by atoms with Crippen molar-refractivity contribution in [3.8, 4) is 0 Å². The van der Waals surface area contributed by atoms with E-state index in [9.17, 15) is 9.59 Å². The molecular formula is C22H24BrN3O2. The number of anilines is 2. The van der Waals surface area contributed by atoms with Gasteiger partial charge in [0.1, 0.15) is 0 Å². The zero-order valence-electron chi connectivity index (χ0n) is 15.7. The summed E-state index contributed by atoms with van der Waals surface area (Å²) < 4.78 is 0.971. The van der Waals surface area contributed by atoms with E-state index in [2.05, 4.69) is 50.4 Å². The summed E-state index contributed by atoms with van der Waals surface area (Å²) in [7, 11) is 0. The number of halogens is 1. The molecule has 28 heavy (non-hydrogen) atoms. The van der Waals surface area contributed by atoms with Crippen molar-refractivity contribution in [2.24, 2.45) is 11.8 Å². The van der Waals surface area contributed by atoms with Crippen LogP contribution in [-0.2, 0) is 9.59 Å². The average molecular weight is 442 g/mol. The lowest BCUT2D eigenvalue weighted by Gasteiger charge is -2.19. The molecule has 2 atom stereocenters. The molecule has 2 heterocycles. The average Bonchev–Trinajstić information content (AvgIpc) is 3.34. The van der Waals surface area contributed by atoms with Gasteiger partial charge in [0.05, 0.1) is 5.92 Å². The van der Waals surface area contributed by atoms with E-state index in [4.69, 9.17) is 0 Å². The van der Waals surface area contributed by atoms with Crippen LogP contribution in [0.3, 0.4) is 0 Å². The maximum Gasteiger partial charge on any atom is 0.227 e. The molecule has 2 aromatic carbocycles. The van der Waals surface area contributed by atoms with E-state index in [0.717, 1.165) is 29.7 Å². The molecule has 5 nitrogen and oxygen atoms in total. The summed E-state index contributed by atoms with van der Waals surface area (Å²) >= 11 is 3.41. The number of hydrogen-bond donors (Lipinski definition) is 1. The highest BCUT2D eigenvalue weighted by Gasteiger charge is 2.35. The standard InChI is InChI=1S/C22H24BrN3O2/c23-18-6-8-20(9-7-18)26-15-17(12-21(26)27)22(28)24-13-16-10-11-25(14-16)19-4-2-1-3-5-19/h1-9,16-17H,10-15H2,(H,24,28)/t16-,17-/m0/s1. The number of para-hydroxylation sites is 1. The molecule has 0 radical (unpaired) electrons. The Hall–Kier alpha value is -2.34. The Morgan fingerprint density at radius 1 is 1.04 bits per heavy atom. The number of carbonyl (C=O) groups excluding carboxylic acids is 2. The molecule has 2 aliphatic heterocycles. The van der Waals surface area contributed by atoms with Crippen molar-refractivity contribution >= 4 is 39.1 Å². The topological polar surface area (TPSA) is 52.7 Å². The molecule has 146 valence electrons. The van der Waals surface area contributed by atoms with E-state index in [1.807, 2.05) is 30.3 Å². The molecule has 1 N–H and O–H groups in total. The third-order valence-corrected chi connectivity index (χ3v) is 6.13. The van der Waals surface area contributed by atoms with Crippen LogP contribution >= 0.6 is 15.9 Å². The highest BCUT2D eigenvalue weighted by molar-refractivity contribution is 9.10. The summed E-state index contributed by atoms with van der Waals surface area (Å²) in [5.74, 6) is 0.177. The Kier molecular flexibility index (Phi) is 5.67. The highest BCUT2D eigenvalue weighted by Crippen LogP contribution is 2.27. The third kappa shape index (κ3) is 4.22. The van der Waals surface area contributed by atoms with Crippen LogP contribution in [0, 0.1) is 11.8 Å². The van der Waals surface area contributed by atoms with Crippen molar-refractivity contribution in [1.29, 1.82) is 0 Å². The summed E-state index contributed by atoms with van der Waals surface area (Å²) in [6.07, 6.45) is 1.35. The first-order chi connectivity index (χ1) is 13.6. The molecular weight excluding hydrogens is 418 g/mol. The van der Waals surface area contributed by atoms with Crippen LogP contribution in [0.2, 0.25) is 0 Å². The maximum atomic E-state index is 12.6. The van der Waals surface area contributed by atoms with Crippen molar-refractivity contribution in [2.75, 3.05) is 36.0 Å². The zero-order valence-corrected chi connectivity index (χ0v) is 17.3. The Balaban J connectivity index is 1.28. The van der Waals surface area contributed by atoms with E-state index < -0.39 is 0 Å². The minimum absolute atomic E-state index is 0.00822. The van der Waals surface area contributed by atoms with Gasteiger partial charge in [-0.05, 0) is 48.7 Å². The molecule has 2 aromatic rings. The molecule has 0 spiro atoms. The Morgan fingerprint density at radius 3 is 2.54 bits per heavy atom. The molecule has 4 rings (SSSR count). The zero-order chi connectivity index (χ0) is 19.5. The number of nitrogens with zero attached hydrogens (tertiary/aromatic N) is 2. The van der Waals surface area contributed by atoms with Crippen molar-refractivity contribution in [3.63, 3.8) is 0 Å². The second kappa shape index (κ2) is 8.35. The molecule has 0 bridgehead atoms. The smallest absolute Gasteiger partial charge is 0.227 e. The Labute approximate surface area is 173 Å². The van der Waals surface area contributed by atoms with Gasteiger partial charge in [-0.15, -0.1) is 0 Å². The lowest BCUT2D eigenvalue weighted by atomic mass is 10.1. The second-order valence-electron chi connectivity index (χ2n) is 7.56. The minimum Gasteiger partial charge on any atom is -0.371 e. The lowest BCUT2D eigenvalue weighted by Crippen LogP contribution is -2.36. The van der Waals surface area contributed by atoms with Crippen LogP contribution in [0.4, 0.5) is 11.4 Å². The van der Waals surface area contributed by atoms with Gasteiger partial charge >= 0.3 is 0 Å². The fourth-order valence-electron chi connectivity index (χ4n) is 4.02. The normalized spacial score (nSPS) is 22.0. The lowest BCUT2D eigenvalue weighted by molar-refractivity contribution is -0.126. The van der Waals surface area contributed by atoms with Gasteiger partial charge in [0.15, 0.2) is 0 Å². The van der Waals surface area contributed by atoms with E-state index in [-0.39, 0.29) is 24.2 Å². The fraction of sp³-hybridized carbons (Fsp3) is 0.364. The number of amides is 2. The first-order valence-corrected chi connectivity index (χ1v) is 10.5. The van der Waals surface area contributed by atoms with Gasteiger partial charge in [-0.3, -0.25) is 9.59 Å². The molecule has 2 amide bonds. The van der Waals surface area contributed by atoms with Crippen LogP contribution < -0.4 is 15.1 Å². The number of nitrogens with one attached hydrogen (secondary N) is 1. The fourth-order valence-corrected chi connectivity index (χ4v) is 4.28. The Morgan fingerprint density at radius 2 is 1.79 bits per heavy atom. The van der Waals surface area contributed by atoms with Gasteiger partial charge in [-0.2, -0.15) is 0 Å². The second-order valence-corrected chi connectivity index (χ2v) is 8.48. The van der Waals surface area contributed by atoms with Gasteiger partial charge in [0.2, 0.25) is 11.8 Å². The number of carbonyl (C=O) groups is 2. The summed E-state index contributed by atoms with van der Waals surface area (Å²) in [4.78, 5) is 29.1. The van der Waals surface area contributed by atoms with Crippen LogP contribution in [0.25, 0.3) is 0 Å². The molecule has 0 saturated carbocycles.